The fourth-order valence-electron chi connectivity index (χ4n) is 4.82. The maximum Gasteiger partial charge on any atom is 0.417 e. The molecule has 6 rings (SSSR count). The highest BCUT2D eigenvalue weighted by Gasteiger charge is 2.20. The zero-order valence-corrected chi connectivity index (χ0v) is 21.0. The molecular weight excluding hydrogens is 490 g/mol. The number of halogens is 1. The third-order valence-corrected chi connectivity index (χ3v) is 7.09. The van der Waals surface area contributed by atoms with Crippen LogP contribution in [0.15, 0.2) is 74.9 Å². The standard InChI is InChI=1S/C28H26ClN5O3/c1-33-10-12-34(13-11-33)16-17-2-6-20(7-3-17)30-26(18-4-9-22-24(14-18)37-28(36)32-22)25-21-8-5-19(29)15-23(21)31-27(25)35/h2-9,14-15,31,35H,10-13,16H2,1H3,(H,32,36). The average molecular weight is 516 g/mol. The number of aromatic amines is 2. The second kappa shape index (κ2) is 9.55. The van der Waals surface area contributed by atoms with Crippen LogP contribution in [-0.4, -0.2) is 63.8 Å². The smallest absolute Gasteiger partial charge is 0.417 e. The Kier molecular flexibility index (Phi) is 6.08. The lowest BCUT2D eigenvalue weighted by Gasteiger charge is -2.32. The Morgan fingerprint density at radius 1 is 1.00 bits per heavy atom. The number of nitrogens with zero attached hydrogens (tertiary/aromatic N) is 3. The summed E-state index contributed by atoms with van der Waals surface area (Å²) < 4.78 is 5.29. The summed E-state index contributed by atoms with van der Waals surface area (Å²) in [6, 6.07) is 18.9. The summed E-state index contributed by atoms with van der Waals surface area (Å²) in [5.74, 6) is -0.538. The molecule has 188 valence electrons. The highest BCUT2D eigenvalue weighted by molar-refractivity contribution is 6.31. The minimum absolute atomic E-state index is 0.0154. The van der Waals surface area contributed by atoms with E-state index in [1.54, 1.807) is 24.3 Å². The Hall–Kier alpha value is -3.85. The lowest BCUT2D eigenvalue weighted by atomic mass is 10.0. The van der Waals surface area contributed by atoms with E-state index in [2.05, 4.69) is 38.9 Å². The van der Waals surface area contributed by atoms with Gasteiger partial charge in [0, 0.05) is 48.7 Å². The quantitative estimate of drug-likeness (QED) is 0.290. The average Bonchev–Trinajstić information content (AvgIpc) is 3.41. The molecule has 0 radical (unpaired) electrons. The number of aromatic hydroxyl groups is 1. The predicted molar refractivity (Wildman–Crippen MR) is 146 cm³/mol. The zero-order valence-electron chi connectivity index (χ0n) is 20.3. The van der Waals surface area contributed by atoms with Crippen molar-refractivity contribution >= 4 is 45.0 Å². The fourth-order valence-corrected chi connectivity index (χ4v) is 4.99. The van der Waals surface area contributed by atoms with E-state index >= 15 is 0 Å². The van der Waals surface area contributed by atoms with Gasteiger partial charge < -0.3 is 19.4 Å². The van der Waals surface area contributed by atoms with Crippen LogP contribution in [0, 0.1) is 0 Å². The maximum atomic E-state index is 11.7. The summed E-state index contributed by atoms with van der Waals surface area (Å²) in [6.45, 7) is 5.18. The van der Waals surface area contributed by atoms with E-state index < -0.39 is 5.76 Å². The van der Waals surface area contributed by atoms with Crippen LogP contribution in [-0.2, 0) is 6.54 Å². The van der Waals surface area contributed by atoms with E-state index in [4.69, 9.17) is 21.0 Å². The van der Waals surface area contributed by atoms with Crippen molar-refractivity contribution in [3.63, 3.8) is 0 Å². The Morgan fingerprint density at radius 2 is 1.78 bits per heavy atom. The predicted octanol–water partition coefficient (Wildman–Crippen LogP) is 4.88. The number of oxazole rings is 1. The van der Waals surface area contributed by atoms with Gasteiger partial charge in [-0.05, 0) is 49.0 Å². The number of hydrogen-bond donors (Lipinski definition) is 3. The number of fused-ring (bicyclic) bond motifs is 2. The van der Waals surface area contributed by atoms with Crippen LogP contribution >= 0.6 is 11.6 Å². The minimum atomic E-state index is -0.522. The first-order valence-corrected chi connectivity index (χ1v) is 12.5. The number of benzene rings is 3. The third kappa shape index (κ3) is 4.79. The molecule has 0 spiro atoms. The minimum Gasteiger partial charge on any atom is -0.494 e. The van der Waals surface area contributed by atoms with Gasteiger partial charge in [0.15, 0.2) is 11.5 Å². The summed E-state index contributed by atoms with van der Waals surface area (Å²) in [4.78, 5) is 27.2. The van der Waals surface area contributed by atoms with Crippen molar-refractivity contribution in [3.05, 3.63) is 92.9 Å². The van der Waals surface area contributed by atoms with Gasteiger partial charge in [-0.3, -0.25) is 9.88 Å². The zero-order chi connectivity index (χ0) is 25.5. The second-order valence-electron chi connectivity index (χ2n) is 9.47. The van der Waals surface area contributed by atoms with Crippen LogP contribution < -0.4 is 5.76 Å². The normalized spacial score (nSPS) is 15.7. The largest absolute Gasteiger partial charge is 0.494 e. The van der Waals surface area contributed by atoms with Crippen LogP contribution in [0.1, 0.15) is 16.7 Å². The number of H-pyrrole nitrogens is 2. The third-order valence-electron chi connectivity index (χ3n) is 6.85. The summed E-state index contributed by atoms with van der Waals surface area (Å²) >= 11 is 6.18. The first-order valence-electron chi connectivity index (χ1n) is 12.2. The van der Waals surface area contributed by atoms with Gasteiger partial charge in [0.05, 0.1) is 28.0 Å². The molecule has 1 aliphatic rings. The maximum absolute atomic E-state index is 11.7. The van der Waals surface area contributed by atoms with E-state index in [0.29, 0.717) is 38.5 Å². The fraction of sp³-hybridized carbons (Fsp3) is 0.214. The van der Waals surface area contributed by atoms with Crippen LogP contribution in [0.4, 0.5) is 5.69 Å². The van der Waals surface area contributed by atoms with E-state index in [1.165, 1.54) is 5.56 Å². The van der Waals surface area contributed by atoms with Gasteiger partial charge in [0.25, 0.3) is 0 Å². The van der Waals surface area contributed by atoms with Crippen LogP contribution in [0.5, 0.6) is 5.88 Å². The number of nitrogens with one attached hydrogen (secondary N) is 2. The van der Waals surface area contributed by atoms with Crippen LogP contribution in [0.25, 0.3) is 22.0 Å². The number of likely N-dealkylation sites (N-methyl/N-ethyl adjacent to an activating group) is 1. The van der Waals surface area contributed by atoms with Crippen molar-refractivity contribution in [1.82, 2.24) is 19.8 Å². The molecule has 5 aromatic rings. The molecule has 0 saturated carbocycles. The van der Waals surface area contributed by atoms with Crippen LogP contribution in [0.3, 0.4) is 0 Å². The molecular formula is C28H26ClN5O3. The lowest BCUT2D eigenvalue weighted by Crippen LogP contribution is -2.43. The molecule has 3 aromatic carbocycles. The number of rotatable bonds is 5. The SMILES string of the molecule is CN1CCN(Cc2ccc(N=C(c3ccc4[nH]c(=O)oc4c3)c3c(O)[nH]c4cc(Cl)ccc34)cc2)CC1. The first-order chi connectivity index (χ1) is 17.9. The molecule has 37 heavy (non-hydrogen) atoms. The van der Waals surface area contributed by atoms with Gasteiger partial charge in [0.1, 0.15) is 0 Å². The van der Waals surface area contributed by atoms with Gasteiger partial charge in [-0.1, -0.05) is 35.9 Å². The monoisotopic (exact) mass is 515 g/mol. The van der Waals surface area contributed by atoms with Crippen molar-refractivity contribution in [2.24, 2.45) is 4.99 Å². The Morgan fingerprint density at radius 3 is 2.57 bits per heavy atom. The summed E-state index contributed by atoms with van der Waals surface area (Å²) in [6.07, 6.45) is 0. The van der Waals surface area contributed by atoms with Crippen LogP contribution in [0.2, 0.25) is 5.02 Å². The van der Waals surface area contributed by atoms with Crippen molar-refractivity contribution in [2.45, 2.75) is 6.54 Å². The van der Waals surface area contributed by atoms with E-state index in [9.17, 15) is 9.90 Å². The van der Waals surface area contributed by atoms with Crippen molar-refractivity contribution in [2.75, 3.05) is 33.2 Å². The molecule has 0 bridgehead atoms. The van der Waals surface area contributed by atoms with Gasteiger partial charge in [-0.25, -0.2) is 9.79 Å². The Balaban J connectivity index is 1.41. The van der Waals surface area contributed by atoms with Crippen molar-refractivity contribution in [1.29, 1.82) is 0 Å². The lowest BCUT2D eigenvalue weighted by molar-refractivity contribution is 0.148. The first kappa shape index (κ1) is 23.5. The van der Waals surface area contributed by atoms with E-state index in [1.807, 2.05) is 24.3 Å². The second-order valence-corrected chi connectivity index (χ2v) is 9.91. The molecule has 0 atom stereocenters. The number of aromatic nitrogens is 2. The molecule has 3 N–H and O–H groups in total. The van der Waals surface area contributed by atoms with Gasteiger partial charge in [0.2, 0.25) is 0 Å². The number of hydrogen-bond acceptors (Lipinski definition) is 6. The highest BCUT2D eigenvalue weighted by Crippen LogP contribution is 2.33. The molecule has 0 amide bonds. The molecule has 8 nitrogen and oxygen atoms in total. The van der Waals surface area contributed by atoms with E-state index in [-0.39, 0.29) is 5.88 Å². The van der Waals surface area contributed by atoms with E-state index in [0.717, 1.165) is 43.8 Å². The van der Waals surface area contributed by atoms with Gasteiger partial charge in [-0.15, -0.1) is 0 Å². The molecule has 9 heteroatoms. The molecule has 2 aromatic heterocycles. The molecule has 1 fully saturated rings. The molecule has 0 aliphatic carbocycles. The summed E-state index contributed by atoms with van der Waals surface area (Å²) in [5, 5.41) is 12.3. The van der Waals surface area contributed by atoms with Gasteiger partial charge >= 0.3 is 5.76 Å². The number of aliphatic imine (C=N–C) groups is 1. The molecule has 1 aliphatic heterocycles. The highest BCUT2D eigenvalue weighted by atomic mass is 35.5. The summed E-state index contributed by atoms with van der Waals surface area (Å²) in [7, 11) is 2.16. The summed E-state index contributed by atoms with van der Waals surface area (Å²) in [5.41, 5.74) is 5.47. The van der Waals surface area contributed by atoms with Crippen molar-refractivity contribution < 1.29 is 9.52 Å². The van der Waals surface area contributed by atoms with Gasteiger partial charge in [-0.2, -0.15) is 0 Å². The topological polar surface area (TPSA) is 101 Å². The Bertz CT molecular complexity index is 1670. The molecule has 1 saturated heterocycles. The Labute approximate surface area is 217 Å². The van der Waals surface area contributed by atoms with Crippen molar-refractivity contribution in [3.8, 4) is 5.88 Å². The molecule has 3 heterocycles. The molecule has 0 unspecified atom stereocenters. The number of piperazine rings is 1.